The molecule has 2 aromatic heterocycles. The number of rotatable bonds is 9. The fourth-order valence-corrected chi connectivity index (χ4v) is 4.33. The monoisotopic (exact) mass is 475 g/mol. The molecule has 33 heavy (non-hydrogen) atoms. The molecule has 0 aliphatic heterocycles. The maximum Gasteiger partial charge on any atom is 0.348 e. The molecule has 0 radical (unpaired) electrons. The number of methoxy groups -OCH3 is 4. The van der Waals surface area contributed by atoms with Crippen molar-refractivity contribution in [2.45, 2.75) is 20.3 Å². The van der Waals surface area contributed by atoms with Crippen LogP contribution in [0.15, 0.2) is 12.1 Å². The Morgan fingerprint density at radius 3 is 2.24 bits per heavy atom. The topological polar surface area (TPSA) is 118 Å². The molecular formula is C22H25N3O7S. The molecule has 10 nitrogen and oxygen atoms in total. The molecule has 1 aromatic carbocycles. The van der Waals surface area contributed by atoms with Crippen LogP contribution < -0.4 is 19.5 Å². The number of nitrogens with one attached hydrogen (secondary N) is 1. The summed E-state index contributed by atoms with van der Waals surface area (Å²) in [7, 11) is 5.86. The predicted molar refractivity (Wildman–Crippen MR) is 123 cm³/mol. The molecular weight excluding hydrogens is 450 g/mol. The van der Waals surface area contributed by atoms with Gasteiger partial charge < -0.3 is 29.0 Å². The molecule has 0 spiro atoms. The zero-order valence-corrected chi connectivity index (χ0v) is 20.0. The van der Waals surface area contributed by atoms with Crippen molar-refractivity contribution in [3.05, 3.63) is 28.4 Å². The van der Waals surface area contributed by atoms with E-state index in [4.69, 9.17) is 23.7 Å². The lowest BCUT2D eigenvalue weighted by Gasteiger charge is -2.15. The Kier molecular flexibility index (Phi) is 7.54. The van der Waals surface area contributed by atoms with Crippen LogP contribution in [0.3, 0.4) is 0 Å². The third kappa shape index (κ3) is 4.92. The van der Waals surface area contributed by atoms with Gasteiger partial charge in [0, 0.05) is 17.8 Å². The summed E-state index contributed by atoms with van der Waals surface area (Å²) in [5, 5.41) is 3.88. The Labute approximate surface area is 194 Å². The number of fused-ring (bicyclic) bond motifs is 1. The molecule has 0 fully saturated rings. The summed E-state index contributed by atoms with van der Waals surface area (Å²) >= 11 is 1.18. The lowest BCUT2D eigenvalue weighted by Crippen LogP contribution is -2.09. The van der Waals surface area contributed by atoms with Crippen molar-refractivity contribution in [2.24, 2.45) is 0 Å². The summed E-state index contributed by atoms with van der Waals surface area (Å²) in [6.07, 6.45) is -0.123. The molecule has 2 heterocycles. The number of anilines is 2. The van der Waals surface area contributed by atoms with Crippen LogP contribution in [0.25, 0.3) is 10.2 Å². The van der Waals surface area contributed by atoms with Crippen LogP contribution in [0, 0.1) is 6.92 Å². The van der Waals surface area contributed by atoms with Gasteiger partial charge in [0.1, 0.15) is 27.8 Å². The van der Waals surface area contributed by atoms with E-state index in [0.717, 1.165) is 0 Å². The molecule has 176 valence electrons. The Bertz CT molecular complexity index is 1170. The van der Waals surface area contributed by atoms with Crippen molar-refractivity contribution in [1.82, 2.24) is 9.97 Å². The number of nitrogens with zero attached hydrogens (tertiary/aromatic N) is 2. The summed E-state index contributed by atoms with van der Waals surface area (Å²) < 4.78 is 26.2. The molecule has 0 amide bonds. The summed E-state index contributed by atoms with van der Waals surface area (Å²) in [4.78, 5) is 34.3. The van der Waals surface area contributed by atoms with Crippen LogP contribution in [-0.2, 0) is 20.7 Å². The highest BCUT2D eigenvalue weighted by atomic mass is 32.1. The fraction of sp³-hybridized carbons (Fsp3) is 0.364. The minimum atomic E-state index is -0.480. The Hall–Kier alpha value is -3.60. The van der Waals surface area contributed by atoms with E-state index in [9.17, 15) is 9.59 Å². The van der Waals surface area contributed by atoms with E-state index in [-0.39, 0.29) is 18.9 Å². The summed E-state index contributed by atoms with van der Waals surface area (Å²) in [5.41, 5.74) is 1.27. The Morgan fingerprint density at radius 1 is 1.03 bits per heavy atom. The second kappa shape index (κ2) is 10.3. The van der Waals surface area contributed by atoms with Gasteiger partial charge >= 0.3 is 11.9 Å². The number of carbonyl (C=O) groups excluding carboxylic acids is 2. The van der Waals surface area contributed by atoms with Gasteiger partial charge in [-0.25, -0.2) is 14.8 Å². The molecule has 0 atom stereocenters. The van der Waals surface area contributed by atoms with E-state index >= 15 is 0 Å². The second-order valence-corrected chi connectivity index (χ2v) is 7.74. The molecule has 11 heteroatoms. The van der Waals surface area contributed by atoms with Gasteiger partial charge in [-0.15, -0.1) is 11.3 Å². The van der Waals surface area contributed by atoms with Crippen LogP contribution in [-0.4, -0.2) is 57.0 Å². The van der Waals surface area contributed by atoms with Gasteiger partial charge in [-0.2, -0.15) is 0 Å². The quantitative estimate of drug-likeness (QED) is 0.459. The average Bonchev–Trinajstić information content (AvgIpc) is 3.14. The molecule has 0 saturated carbocycles. The SMILES string of the molecule is CCOC(=O)c1sc2nc(CC(=O)OC)nc(Nc3cc(OC)c(OC)c(OC)c3)c2c1C. The van der Waals surface area contributed by atoms with Crippen molar-refractivity contribution in [3.8, 4) is 17.2 Å². The zero-order chi connectivity index (χ0) is 24.1. The largest absolute Gasteiger partial charge is 0.493 e. The van der Waals surface area contributed by atoms with Gasteiger partial charge in [0.15, 0.2) is 11.5 Å². The molecule has 0 unspecified atom stereocenters. The van der Waals surface area contributed by atoms with Crippen molar-refractivity contribution in [3.63, 3.8) is 0 Å². The first-order valence-electron chi connectivity index (χ1n) is 9.97. The summed E-state index contributed by atoms with van der Waals surface area (Å²) in [5.74, 6) is 1.10. The summed E-state index contributed by atoms with van der Waals surface area (Å²) in [6, 6.07) is 3.45. The summed E-state index contributed by atoms with van der Waals surface area (Å²) in [6.45, 7) is 3.80. The number of benzene rings is 1. The Balaban J connectivity index is 2.17. The van der Waals surface area contributed by atoms with Crippen LogP contribution in [0.2, 0.25) is 0 Å². The lowest BCUT2D eigenvalue weighted by atomic mass is 10.2. The first-order chi connectivity index (χ1) is 15.9. The van der Waals surface area contributed by atoms with E-state index in [0.29, 0.717) is 49.4 Å². The van der Waals surface area contributed by atoms with Gasteiger partial charge in [-0.3, -0.25) is 4.79 Å². The minimum Gasteiger partial charge on any atom is -0.493 e. The van der Waals surface area contributed by atoms with Crippen molar-refractivity contribution >= 4 is 45.0 Å². The third-order valence-corrected chi connectivity index (χ3v) is 5.92. The highest BCUT2D eigenvalue weighted by Crippen LogP contribution is 2.42. The standard InChI is InChI=1S/C22H25N3O7S/c1-7-32-22(27)19-11(2)17-20(24-15(10-16(26)30-5)25-21(17)33-19)23-12-8-13(28-3)18(31-6)14(9-12)29-4/h8-9H,7,10H2,1-6H3,(H,23,24,25). The van der Waals surface area contributed by atoms with Crippen LogP contribution in [0.4, 0.5) is 11.5 Å². The van der Waals surface area contributed by atoms with E-state index in [1.54, 1.807) is 26.0 Å². The maximum absolute atomic E-state index is 12.4. The van der Waals surface area contributed by atoms with Crippen molar-refractivity contribution < 1.29 is 33.3 Å². The first-order valence-corrected chi connectivity index (χ1v) is 10.8. The van der Waals surface area contributed by atoms with E-state index in [1.807, 2.05) is 0 Å². The van der Waals surface area contributed by atoms with Crippen LogP contribution in [0.1, 0.15) is 28.0 Å². The molecule has 0 aliphatic carbocycles. The molecule has 3 aromatic rings. The fourth-order valence-electron chi connectivity index (χ4n) is 3.24. The second-order valence-electron chi connectivity index (χ2n) is 6.74. The van der Waals surface area contributed by atoms with E-state index < -0.39 is 11.9 Å². The zero-order valence-electron chi connectivity index (χ0n) is 19.2. The van der Waals surface area contributed by atoms with Crippen molar-refractivity contribution in [2.75, 3.05) is 40.4 Å². The maximum atomic E-state index is 12.4. The molecule has 0 bridgehead atoms. The normalized spacial score (nSPS) is 10.6. The first kappa shape index (κ1) is 24.1. The van der Waals surface area contributed by atoms with Crippen LogP contribution >= 0.6 is 11.3 Å². The Morgan fingerprint density at radius 2 is 1.70 bits per heavy atom. The average molecular weight is 476 g/mol. The van der Waals surface area contributed by atoms with Gasteiger partial charge in [-0.05, 0) is 19.4 Å². The van der Waals surface area contributed by atoms with Crippen LogP contribution in [0.5, 0.6) is 17.2 Å². The smallest absolute Gasteiger partial charge is 0.348 e. The van der Waals surface area contributed by atoms with Crippen molar-refractivity contribution in [1.29, 1.82) is 0 Å². The number of aromatic nitrogens is 2. The number of ether oxygens (including phenoxy) is 5. The molecule has 0 aliphatic rings. The predicted octanol–water partition coefficient (Wildman–Crippen LogP) is 3.66. The molecule has 1 N–H and O–H groups in total. The molecule has 3 rings (SSSR count). The lowest BCUT2D eigenvalue weighted by molar-refractivity contribution is -0.139. The van der Waals surface area contributed by atoms with Gasteiger partial charge in [0.2, 0.25) is 5.75 Å². The minimum absolute atomic E-state index is 0.123. The molecule has 0 saturated heterocycles. The van der Waals surface area contributed by atoms with Gasteiger partial charge in [0.25, 0.3) is 0 Å². The third-order valence-electron chi connectivity index (χ3n) is 4.75. The number of hydrogen-bond acceptors (Lipinski definition) is 11. The highest BCUT2D eigenvalue weighted by Gasteiger charge is 2.23. The number of esters is 2. The highest BCUT2D eigenvalue weighted by molar-refractivity contribution is 7.20. The van der Waals surface area contributed by atoms with E-state index in [1.165, 1.54) is 39.8 Å². The number of thiophene rings is 1. The number of carbonyl (C=O) groups is 2. The number of aryl methyl sites for hydroxylation is 1. The van der Waals surface area contributed by atoms with Gasteiger partial charge in [-0.1, -0.05) is 0 Å². The number of hydrogen-bond donors (Lipinski definition) is 1. The van der Waals surface area contributed by atoms with Gasteiger partial charge in [0.05, 0.1) is 40.4 Å². The van der Waals surface area contributed by atoms with E-state index in [2.05, 4.69) is 15.3 Å².